The van der Waals surface area contributed by atoms with Crippen LogP contribution in [0.25, 0.3) is 0 Å². The summed E-state index contributed by atoms with van der Waals surface area (Å²) in [4.78, 5) is 2.49. The molecule has 4 heteroatoms. The largest absolute Gasteiger partial charge is 0.318 e. The van der Waals surface area contributed by atoms with Crippen molar-refractivity contribution in [3.8, 4) is 0 Å². The molecule has 18 heavy (non-hydrogen) atoms. The van der Waals surface area contributed by atoms with Gasteiger partial charge in [-0.3, -0.25) is 4.90 Å². The van der Waals surface area contributed by atoms with Crippen molar-refractivity contribution in [2.24, 2.45) is 13.0 Å². The van der Waals surface area contributed by atoms with Gasteiger partial charge in [-0.2, -0.15) is 0 Å². The molecular formula is C14H22N4. The summed E-state index contributed by atoms with van der Waals surface area (Å²) in [6.07, 6.45) is 8.47. The van der Waals surface area contributed by atoms with E-state index in [0.29, 0.717) is 11.8 Å². The minimum Gasteiger partial charge on any atom is -0.318 e. The standard InChI is InChI=1S/C14H22N4/c1-10-15-16-14(18(10)3)12-6-7-13-11(9-12)5-4-8-17(13)2/h4-5,11-13H,6-9H2,1-3H3. The van der Waals surface area contributed by atoms with Crippen LogP contribution in [0.1, 0.15) is 36.8 Å². The van der Waals surface area contributed by atoms with Crippen molar-refractivity contribution < 1.29 is 0 Å². The third-order valence-electron chi connectivity index (χ3n) is 4.70. The average molecular weight is 246 g/mol. The van der Waals surface area contributed by atoms with Crippen LogP contribution in [-0.2, 0) is 7.05 Å². The molecule has 3 unspecified atom stereocenters. The van der Waals surface area contributed by atoms with Crippen LogP contribution in [0.3, 0.4) is 0 Å². The maximum Gasteiger partial charge on any atom is 0.135 e. The van der Waals surface area contributed by atoms with Crippen LogP contribution in [-0.4, -0.2) is 39.3 Å². The second-order valence-electron chi connectivity index (χ2n) is 5.77. The Labute approximate surface area is 109 Å². The van der Waals surface area contributed by atoms with E-state index >= 15 is 0 Å². The fourth-order valence-corrected chi connectivity index (χ4v) is 3.49. The van der Waals surface area contributed by atoms with E-state index in [1.165, 1.54) is 25.1 Å². The molecule has 1 aliphatic heterocycles. The van der Waals surface area contributed by atoms with Gasteiger partial charge in [-0.25, -0.2) is 0 Å². The fraction of sp³-hybridized carbons (Fsp3) is 0.714. The predicted molar refractivity (Wildman–Crippen MR) is 71.4 cm³/mol. The first kappa shape index (κ1) is 11.9. The maximum absolute atomic E-state index is 4.37. The molecule has 2 aliphatic rings. The lowest BCUT2D eigenvalue weighted by Crippen LogP contribution is -2.43. The molecule has 1 saturated carbocycles. The van der Waals surface area contributed by atoms with E-state index in [1.807, 2.05) is 6.92 Å². The second kappa shape index (κ2) is 4.50. The van der Waals surface area contributed by atoms with Crippen molar-refractivity contribution in [2.75, 3.05) is 13.6 Å². The zero-order valence-electron chi connectivity index (χ0n) is 11.5. The summed E-state index contributed by atoms with van der Waals surface area (Å²) in [6.45, 7) is 3.13. The molecular weight excluding hydrogens is 224 g/mol. The van der Waals surface area contributed by atoms with Gasteiger partial charge >= 0.3 is 0 Å². The summed E-state index contributed by atoms with van der Waals surface area (Å²) in [7, 11) is 4.33. The van der Waals surface area contributed by atoms with Crippen LogP contribution in [0.15, 0.2) is 12.2 Å². The van der Waals surface area contributed by atoms with Gasteiger partial charge in [-0.15, -0.1) is 10.2 Å². The van der Waals surface area contributed by atoms with Crippen molar-refractivity contribution in [2.45, 2.75) is 38.1 Å². The Balaban J connectivity index is 1.80. The molecule has 3 atom stereocenters. The van der Waals surface area contributed by atoms with Crippen molar-refractivity contribution in [3.05, 3.63) is 23.8 Å². The van der Waals surface area contributed by atoms with Crippen molar-refractivity contribution >= 4 is 0 Å². The van der Waals surface area contributed by atoms with Crippen molar-refractivity contribution in [1.29, 1.82) is 0 Å². The van der Waals surface area contributed by atoms with Gasteiger partial charge in [-0.05, 0) is 39.2 Å². The number of aromatic nitrogens is 3. The zero-order chi connectivity index (χ0) is 12.7. The zero-order valence-corrected chi connectivity index (χ0v) is 11.5. The van der Waals surface area contributed by atoms with Gasteiger partial charge in [0.1, 0.15) is 11.6 Å². The first-order valence-corrected chi connectivity index (χ1v) is 6.89. The molecule has 98 valence electrons. The van der Waals surface area contributed by atoms with Crippen molar-refractivity contribution in [3.63, 3.8) is 0 Å². The summed E-state index contributed by atoms with van der Waals surface area (Å²) in [5.74, 6) is 3.46. The van der Waals surface area contributed by atoms with E-state index in [9.17, 15) is 0 Å². The third kappa shape index (κ3) is 1.88. The normalized spacial score (nSPS) is 32.5. The molecule has 1 fully saturated rings. The number of hydrogen-bond donors (Lipinski definition) is 0. The molecule has 0 radical (unpaired) electrons. The number of aryl methyl sites for hydroxylation is 1. The van der Waals surface area contributed by atoms with Crippen LogP contribution < -0.4 is 0 Å². The molecule has 1 aliphatic carbocycles. The Morgan fingerprint density at radius 2 is 2.06 bits per heavy atom. The third-order valence-corrected chi connectivity index (χ3v) is 4.70. The predicted octanol–water partition coefficient (Wildman–Crippen LogP) is 1.88. The highest BCUT2D eigenvalue weighted by Gasteiger charge is 2.35. The quantitative estimate of drug-likeness (QED) is 0.709. The Morgan fingerprint density at radius 1 is 1.22 bits per heavy atom. The maximum atomic E-state index is 4.37. The van der Waals surface area contributed by atoms with Gasteiger partial charge in [0.2, 0.25) is 0 Å². The number of nitrogens with zero attached hydrogens (tertiary/aromatic N) is 4. The Kier molecular flexibility index (Phi) is 2.98. The van der Waals surface area contributed by atoms with Gasteiger partial charge in [0.15, 0.2) is 0 Å². The van der Waals surface area contributed by atoms with Gasteiger partial charge in [-0.1, -0.05) is 12.2 Å². The van der Waals surface area contributed by atoms with Crippen LogP contribution >= 0.6 is 0 Å². The Hall–Kier alpha value is -1.16. The molecule has 0 amide bonds. The molecule has 1 aromatic rings. The monoisotopic (exact) mass is 246 g/mol. The molecule has 0 aromatic carbocycles. The fourth-order valence-electron chi connectivity index (χ4n) is 3.49. The number of likely N-dealkylation sites (N-methyl/N-ethyl adjacent to an activating group) is 1. The Bertz CT molecular complexity index is 462. The van der Waals surface area contributed by atoms with Gasteiger partial charge in [0.05, 0.1) is 0 Å². The van der Waals surface area contributed by atoms with E-state index in [2.05, 4.69) is 45.9 Å². The van der Waals surface area contributed by atoms with Gasteiger partial charge < -0.3 is 4.57 Å². The second-order valence-corrected chi connectivity index (χ2v) is 5.77. The molecule has 0 spiro atoms. The summed E-state index contributed by atoms with van der Waals surface area (Å²) in [5.41, 5.74) is 0. The van der Waals surface area contributed by atoms with Crippen molar-refractivity contribution in [1.82, 2.24) is 19.7 Å². The molecule has 1 aromatic heterocycles. The van der Waals surface area contributed by atoms with E-state index in [4.69, 9.17) is 0 Å². The summed E-state index contributed by atoms with van der Waals surface area (Å²) < 4.78 is 2.15. The number of rotatable bonds is 1. The minimum absolute atomic E-state index is 0.577. The number of fused-ring (bicyclic) bond motifs is 1. The summed E-state index contributed by atoms with van der Waals surface area (Å²) in [6, 6.07) is 0.737. The smallest absolute Gasteiger partial charge is 0.135 e. The van der Waals surface area contributed by atoms with E-state index in [0.717, 1.165) is 18.4 Å². The first-order chi connectivity index (χ1) is 8.66. The summed E-state index contributed by atoms with van der Waals surface area (Å²) in [5, 5.41) is 8.57. The van der Waals surface area contributed by atoms with Crippen LogP contribution in [0.5, 0.6) is 0 Å². The summed E-state index contributed by atoms with van der Waals surface area (Å²) >= 11 is 0. The van der Waals surface area contributed by atoms with Crippen LogP contribution in [0, 0.1) is 12.8 Å². The van der Waals surface area contributed by atoms with E-state index < -0.39 is 0 Å². The first-order valence-electron chi connectivity index (χ1n) is 6.89. The molecule has 3 rings (SSSR count). The lowest BCUT2D eigenvalue weighted by Gasteiger charge is -2.41. The molecule has 4 nitrogen and oxygen atoms in total. The average Bonchev–Trinajstić information content (AvgIpc) is 2.70. The topological polar surface area (TPSA) is 34.0 Å². The lowest BCUT2D eigenvalue weighted by molar-refractivity contribution is 0.143. The minimum atomic E-state index is 0.577. The van der Waals surface area contributed by atoms with Crippen LogP contribution in [0.2, 0.25) is 0 Å². The highest BCUT2D eigenvalue weighted by Crippen LogP contribution is 2.39. The highest BCUT2D eigenvalue weighted by atomic mass is 15.3. The molecule has 0 N–H and O–H groups in total. The molecule has 2 heterocycles. The van der Waals surface area contributed by atoms with Gasteiger partial charge in [0, 0.05) is 25.6 Å². The Morgan fingerprint density at radius 3 is 2.78 bits per heavy atom. The number of hydrogen-bond acceptors (Lipinski definition) is 3. The highest BCUT2D eigenvalue weighted by molar-refractivity contribution is 5.10. The molecule has 0 bridgehead atoms. The van der Waals surface area contributed by atoms with E-state index in [1.54, 1.807) is 0 Å². The lowest BCUT2D eigenvalue weighted by atomic mass is 9.75. The molecule has 0 saturated heterocycles. The van der Waals surface area contributed by atoms with Crippen LogP contribution in [0.4, 0.5) is 0 Å². The van der Waals surface area contributed by atoms with E-state index in [-0.39, 0.29) is 0 Å². The van der Waals surface area contributed by atoms with Gasteiger partial charge in [0.25, 0.3) is 0 Å². The SMILES string of the molecule is Cc1nnc(C2CCC3C(C=CCN3C)C2)n1C.